The zero-order valence-corrected chi connectivity index (χ0v) is 34.6. The van der Waals surface area contributed by atoms with E-state index in [1.807, 2.05) is 0 Å². The molecule has 2 saturated heterocycles. The number of ether oxygens (including phenoxy) is 7. The predicted octanol–water partition coefficient (Wildman–Crippen LogP) is 0.887. The number of alkyl carbamates (subject to hydrolysis) is 3. The Bertz CT molecular complexity index is 1640. The quantitative estimate of drug-likeness (QED) is 0.0824. The summed E-state index contributed by atoms with van der Waals surface area (Å²) in [5.41, 5.74) is 3.89. The van der Waals surface area contributed by atoms with E-state index >= 15 is 0 Å². The molecule has 2 aliphatic carbocycles. The minimum atomic E-state index is -1.57. The third-order valence-corrected chi connectivity index (χ3v) is 10.5. The van der Waals surface area contributed by atoms with Crippen LogP contribution >= 0.6 is 0 Å². The van der Waals surface area contributed by atoms with E-state index < -0.39 is 107 Å². The molecule has 0 bridgehead atoms. The van der Waals surface area contributed by atoms with Crippen molar-refractivity contribution in [2.24, 2.45) is 17.6 Å². The van der Waals surface area contributed by atoms with Crippen LogP contribution in [0.1, 0.15) is 66.9 Å². The zero-order chi connectivity index (χ0) is 43.6. The molecular weight excluding hydrogens is 780 g/mol. The second kappa shape index (κ2) is 18.4. The zero-order valence-electron chi connectivity index (χ0n) is 34.6. The Kier molecular flexibility index (Phi) is 14.4. The summed E-state index contributed by atoms with van der Waals surface area (Å²) in [5, 5.41) is 55.9. The molecule has 13 unspecified atom stereocenters. The molecule has 0 aromatic heterocycles. The Hall–Kier alpha value is -3.93. The summed E-state index contributed by atoms with van der Waals surface area (Å²) in [6.07, 6.45) is -10.4. The molecule has 2 saturated carbocycles. The summed E-state index contributed by atoms with van der Waals surface area (Å²) in [5.74, 6) is -0.360. The molecule has 2 heterocycles. The standard InChI is InChI=1S/C38H60N6O15/c1-36(2,3)58-34(48)42-23-14-22(39)28(56-32-26(46)30(40-8)38(7,50)17-54-32)25(45)29(23)57-31-24(43-35(49)59-37(4,5)6)13-20-21(27(20)55-31)15-41-33(47)53-16-18-9-11-19(12-10-18)44(51)52/h9-12,20-32,40,45-46,50H,13-17,39H2,1-8H3,(H,41,47)(H,42,48)(H,43,49)/t20-,21?,22?,23?,24?,25?,26?,27?,28?,29?,30?,31?,32?,38?/m1/s1. The van der Waals surface area contributed by atoms with Crippen molar-refractivity contribution in [1.29, 1.82) is 0 Å². The van der Waals surface area contributed by atoms with Crippen molar-refractivity contribution in [3.05, 3.63) is 39.9 Å². The van der Waals surface area contributed by atoms with E-state index in [1.54, 1.807) is 48.6 Å². The van der Waals surface area contributed by atoms with E-state index in [0.717, 1.165) is 0 Å². The molecule has 1 aromatic carbocycles. The van der Waals surface area contributed by atoms with Gasteiger partial charge in [0.1, 0.15) is 47.8 Å². The third-order valence-electron chi connectivity index (χ3n) is 10.5. The van der Waals surface area contributed by atoms with E-state index in [4.69, 9.17) is 38.9 Å². The van der Waals surface area contributed by atoms with Crippen LogP contribution in [-0.2, 0) is 39.8 Å². The number of carbonyl (C=O) groups excluding carboxylic acids is 3. The molecule has 1 aromatic rings. The van der Waals surface area contributed by atoms with E-state index in [2.05, 4.69) is 21.3 Å². The van der Waals surface area contributed by atoms with Crippen LogP contribution in [0.3, 0.4) is 0 Å². The molecule has 21 heteroatoms. The number of fused-ring (bicyclic) bond motifs is 1. The van der Waals surface area contributed by atoms with Gasteiger partial charge in [-0.25, -0.2) is 14.4 Å². The molecule has 14 atom stereocenters. The number of rotatable bonds is 12. The molecule has 4 fully saturated rings. The average molecular weight is 841 g/mol. The van der Waals surface area contributed by atoms with Crippen LogP contribution in [0.25, 0.3) is 0 Å². The number of nitrogens with two attached hydrogens (primary N) is 1. The summed E-state index contributed by atoms with van der Waals surface area (Å²) in [7, 11) is 1.57. The van der Waals surface area contributed by atoms with Gasteiger partial charge in [0.25, 0.3) is 5.69 Å². The number of nitrogens with one attached hydrogen (secondary N) is 4. The van der Waals surface area contributed by atoms with Gasteiger partial charge in [-0.05, 0) is 92.0 Å². The summed E-state index contributed by atoms with van der Waals surface area (Å²) in [4.78, 5) is 49.2. The predicted molar refractivity (Wildman–Crippen MR) is 205 cm³/mol. The Balaban J connectivity index is 1.31. The van der Waals surface area contributed by atoms with Crippen molar-refractivity contribution in [2.75, 3.05) is 20.2 Å². The average Bonchev–Trinajstić information content (AvgIpc) is 3.79. The Morgan fingerprint density at radius 2 is 1.51 bits per heavy atom. The minimum Gasteiger partial charge on any atom is -0.445 e. The van der Waals surface area contributed by atoms with Crippen LogP contribution in [0.15, 0.2) is 24.3 Å². The highest BCUT2D eigenvalue weighted by Gasteiger charge is 2.59. The number of carbonyl (C=O) groups is 3. The van der Waals surface area contributed by atoms with Gasteiger partial charge in [0.05, 0.1) is 35.8 Å². The molecule has 9 N–H and O–H groups in total. The van der Waals surface area contributed by atoms with Gasteiger partial charge >= 0.3 is 18.3 Å². The van der Waals surface area contributed by atoms with E-state index in [0.29, 0.717) is 12.0 Å². The Labute approximate surface area is 342 Å². The number of hydrogen-bond donors (Lipinski definition) is 8. The number of amides is 3. The van der Waals surface area contributed by atoms with E-state index in [9.17, 15) is 39.8 Å². The molecule has 3 amide bonds. The van der Waals surface area contributed by atoms with Crippen LogP contribution in [-0.4, -0.2) is 143 Å². The van der Waals surface area contributed by atoms with Crippen molar-refractivity contribution in [3.63, 3.8) is 0 Å². The van der Waals surface area contributed by atoms with Crippen molar-refractivity contribution >= 4 is 24.0 Å². The molecule has 332 valence electrons. The number of non-ortho nitro benzene ring substituents is 1. The highest BCUT2D eigenvalue weighted by molar-refractivity contribution is 5.69. The van der Waals surface area contributed by atoms with Gasteiger partial charge in [0, 0.05) is 30.6 Å². The molecule has 0 spiro atoms. The van der Waals surface area contributed by atoms with Crippen LogP contribution in [0, 0.1) is 22.0 Å². The first-order chi connectivity index (χ1) is 27.5. The molecule has 2 aliphatic heterocycles. The fraction of sp³-hybridized carbons (Fsp3) is 0.763. The fourth-order valence-corrected chi connectivity index (χ4v) is 7.74. The number of likely N-dealkylation sites (N-methyl/N-ethyl adjacent to an activating group) is 1. The van der Waals surface area contributed by atoms with Crippen molar-refractivity contribution in [2.45, 2.75) is 152 Å². The summed E-state index contributed by atoms with van der Waals surface area (Å²) < 4.78 is 41.1. The van der Waals surface area contributed by atoms with E-state index in [-0.39, 0.29) is 43.7 Å². The number of nitro groups is 1. The minimum absolute atomic E-state index is 0.000905. The van der Waals surface area contributed by atoms with Crippen LogP contribution in [0.5, 0.6) is 0 Å². The summed E-state index contributed by atoms with van der Waals surface area (Å²) >= 11 is 0. The molecule has 5 rings (SSSR count). The number of nitro benzene ring substituents is 1. The number of nitrogens with zero attached hydrogens (tertiary/aromatic N) is 1. The van der Waals surface area contributed by atoms with Gasteiger partial charge in [0.2, 0.25) is 0 Å². The second-order valence-corrected chi connectivity index (χ2v) is 17.8. The smallest absolute Gasteiger partial charge is 0.408 e. The van der Waals surface area contributed by atoms with Crippen molar-refractivity contribution in [1.82, 2.24) is 21.3 Å². The van der Waals surface area contributed by atoms with Gasteiger partial charge in [-0.3, -0.25) is 10.1 Å². The van der Waals surface area contributed by atoms with Gasteiger partial charge in [-0.1, -0.05) is 0 Å². The first-order valence-electron chi connectivity index (χ1n) is 19.7. The first kappa shape index (κ1) is 46.1. The maximum Gasteiger partial charge on any atom is 0.408 e. The van der Waals surface area contributed by atoms with Crippen LogP contribution in [0.2, 0.25) is 0 Å². The molecule has 59 heavy (non-hydrogen) atoms. The van der Waals surface area contributed by atoms with Crippen LogP contribution < -0.4 is 27.0 Å². The number of hydrogen-bond acceptors (Lipinski definition) is 17. The van der Waals surface area contributed by atoms with Crippen molar-refractivity contribution < 1.29 is 67.8 Å². The third kappa shape index (κ3) is 12.1. The maximum atomic E-state index is 13.1. The highest BCUT2D eigenvalue weighted by atomic mass is 16.7. The molecule has 0 radical (unpaired) electrons. The van der Waals surface area contributed by atoms with Gasteiger partial charge in [-0.2, -0.15) is 0 Å². The lowest BCUT2D eigenvalue weighted by atomic mass is 9.83. The number of aliphatic hydroxyl groups is 3. The largest absolute Gasteiger partial charge is 0.445 e. The van der Waals surface area contributed by atoms with Crippen molar-refractivity contribution in [3.8, 4) is 0 Å². The van der Waals surface area contributed by atoms with Gasteiger partial charge in [0.15, 0.2) is 12.6 Å². The van der Waals surface area contributed by atoms with Crippen LogP contribution in [0.4, 0.5) is 20.1 Å². The second-order valence-electron chi connectivity index (χ2n) is 17.8. The topological polar surface area (TPSA) is 294 Å². The molecular formula is C38H60N6O15. The summed E-state index contributed by atoms with van der Waals surface area (Å²) in [6.45, 7) is 11.5. The monoisotopic (exact) mass is 840 g/mol. The van der Waals surface area contributed by atoms with E-state index in [1.165, 1.54) is 31.2 Å². The summed E-state index contributed by atoms with van der Waals surface area (Å²) in [6, 6.07) is 2.02. The normalized spacial score (nSPS) is 35.7. The lowest BCUT2D eigenvalue weighted by Gasteiger charge is -2.48. The Morgan fingerprint density at radius 1 is 0.915 bits per heavy atom. The maximum absolute atomic E-state index is 13.1. The molecule has 4 aliphatic rings. The van der Waals surface area contributed by atoms with Gasteiger partial charge in [-0.15, -0.1) is 0 Å². The first-order valence-corrected chi connectivity index (χ1v) is 19.7. The SMILES string of the molecule is CNC1C(O)C(OC2C(N)CC(NC(=O)OC(C)(C)C)C(OC3OC4C(CNC(=O)OCc5ccc([N+](=O)[O-])cc5)[C@H]4CC3NC(=O)OC(C)(C)C)C2O)OCC1(C)O. The number of aliphatic hydroxyl groups excluding tert-OH is 2. The lowest BCUT2D eigenvalue weighted by Crippen LogP contribution is -2.69. The fourth-order valence-electron chi connectivity index (χ4n) is 7.74. The lowest BCUT2D eigenvalue weighted by molar-refractivity contribution is -0.384. The number of benzene rings is 1. The Morgan fingerprint density at radius 3 is 2.08 bits per heavy atom. The van der Waals surface area contributed by atoms with Gasteiger partial charge < -0.3 is 75.5 Å². The highest BCUT2D eigenvalue weighted by Crippen LogP contribution is 2.50. The molecule has 21 nitrogen and oxygen atoms in total.